The maximum atomic E-state index is 9.85. The van der Waals surface area contributed by atoms with E-state index < -0.39 is 23.2 Å². The molecule has 0 saturated heterocycles. The second kappa shape index (κ2) is 2.75. The Kier molecular flexibility index (Phi) is 2.31. The van der Waals surface area contributed by atoms with Gasteiger partial charge >= 0.3 is 0 Å². The molecular weight excluding hydrogens is 130 g/mol. The summed E-state index contributed by atoms with van der Waals surface area (Å²) < 4.78 is 0. The van der Waals surface area contributed by atoms with Crippen molar-refractivity contribution in [3.8, 4) is 0 Å². The van der Waals surface area contributed by atoms with Crippen molar-refractivity contribution in [1.82, 2.24) is 0 Å². The number of hydrogen-bond donors (Lipinski definition) is 0. The number of aliphatic carboxylic acids is 1. The second-order valence-corrected chi connectivity index (χ2v) is 1.20. The van der Waals surface area contributed by atoms with Crippen LogP contribution in [0, 0.1) is 10.1 Å². The van der Waals surface area contributed by atoms with Crippen LogP contribution in [0.1, 0.15) is 0 Å². The summed E-state index contributed by atoms with van der Waals surface area (Å²) in [6, 6.07) is 0. The molecule has 0 rings (SSSR count). The number of ketones is 1. The van der Waals surface area contributed by atoms with Crippen LogP contribution in [0.2, 0.25) is 0 Å². The lowest BCUT2D eigenvalue weighted by Gasteiger charge is -1.92. The quantitative estimate of drug-likeness (QED) is 0.241. The normalized spacial score (nSPS) is 8.44. The molecular formula is C3H2NO5-. The average Bonchev–Trinajstić information content (AvgIpc) is 1.63. The van der Waals surface area contributed by atoms with E-state index in [1.807, 2.05) is 0 Å². The first kappa shape index (κ1) is 7.54. The lowest BCUT2D eigenvalue weighted by atomic mass is 10.4. The first-order valence-corrected chi connectivity index (χ1v) is 1.90. The zero-order valence-electron chi connectivity index (χ0n) is 4.20. The summed E-state index contributed by atoms with van der Waals surface area (Å²) >= 11 is 0. The number of carbonyl (C=O) groups excluding carboxylic acids is 2. The molecule has 0 aromatic rings. The fourth-order valence-corrected chi connectivity index (χ4v) is 0.182. The van der Waals surface area contributed by atoms with Crippen LogP contribution in [0.5, 0.6) is 0 Å². The van der Waals surface area contributed by atoms with E-state index in [4.69, 9.17) is 0 Å². The Bertz CT molecular complexity index is 162. The molecule has 0 N–H and O–H groups in total. The van der Waals surface area contributed by atoms with Crippen LogP contribution in [-0.4, -0.2) is 23.2 Å². The number of hydrogen-bond acceptors (Lipinski definition) is 5. The summed E-state index contributed by atoms with van der Waals surface area (Å²) in [5, 5.41) is 18.9. The molecule has 50 valence electrons. The van der Waals surface area contributed by atoms with E-state index in [1.54, 1.807) is 0 Å². The van der Waals surface area contributed by atoms with E-state index in [2.05, 4.69) is 0 Å². The molecule has 9 heavy (non-hydrogen) atoms. The number of carboxylic acids is 1. The Morgan fingerprint density at radius 3 is 2.00 bits per heavy atom. The summed E-state index contributed by atoms with van der Waals surface area (Å²) in [6.07, 6.45) is 0. The third-order valence-electron chi connectivity index (χ3n) is 0.500. The topological polar surface area (TPSA) is 100 Å². The largest absolute Gasteiger partial charge is 0.542 e. The molecule has 0 aromatic heterocycles. The second-order valence-electron chi connectivity index (χ2n) is 1.20. The summed E-state index contributed by atoms with van der Waals surface area (Å²) in [6.45, 7) is -1.21. The highest BCUT2D eigenvalue weighted by Gasteiger charge is 2.08. The van der Waals surface area contributed by atoms with Gasteiger partial charge in [0.15, 0.2) is 0 Å². The fraction of sp³-hybridized carbons (Fsp3) is 0.333. The van der Waals surface area contributed by atoms with Crippen molar-refractivity contribution in [2.75, 3.05) is 6.54 Å². The summed E-state index contributed by atoms with van der Waals surface area (Å²) in [4.78, 5) is 27.7. The Labute approximate surface area is 49.2 Å². The molecule has 6 nitrogen and oxygen atoms in total. The van der Waals surface area contributed by atoms with Gasteiger partial charge in [-0.05, 0) is 0 Å². The van der Waals surface area contributed by atoms with Crippen molar-refractivity contribution in [2.45, 2.75) is 0 Å². The van der Waals surface area contributed by atoms with Gasteiger partial charge in [0.1, 0.15) is 5.97 Å². The molecule has 0 amide bonds. The molecule has 0 heterocycles. The van der Waals surface area contributed by atoms with Crippen LogP contribution in [0.25, 0.3) is 0 Å². The summed E-state index contributed by atoms with van der Waals surface area (Å²) in [5.41, 5.74) is 0. The van der Waals surface area contributed by atoms with Gasteiger partial charge in [-0.15, -0.1) is 0 Å². The predicted molar refractivity (Wildman–Crippen MR) is 21.9 cm³/mol. The molecule has 0 radical (unpaired) electrons. The molecule has 0 spiro atoms. The molecule has 0 unspecified atom stereocenters. The van der Waals surface area contributed by atoms with E-state index in [1.165, 1.54) is 0 Å². The minimum absolute atomic E-state index is 1.03. The first-order chi connectivity index (χ1) is 4.04. The standard InChI is InChI=1S/C3H3NO5/c5-2(3(6)7)1-4(8)9/h1H2,(H,6,7)/p-1. The van der Waals surface area contributed by atoms with Crippen LogP contribution in [0.3, 0.4) is 0 Å². The molecule has 0 aliphatic rings. The van der Waals surface area contributed by atoms with Crippen molar-refractivity contribution in [3.05, 3.63) is 10.1 Å². The SMILES string of the molecule is O=C([O-])C(=O)C[N+](=O)[O-]. The predicted octanol–water partition coefficient (Wildman–Crippen LogP) is -2.42. The van der Waals surface area contributed by atoms with Crippen molar-refractivity contribution in [2.24, 2.45) is 0 Å². The Morgan fingerprint density at radius 1 is 1.44 bits per heavy atom. The van der Waals surface area contributed by atoms with Crippen molar-refractivity contribution in [1.29, 1.82) is 0 Å². The van der Waals surface area contributed by atoms with Gasteiger partial charge in [-0.1, -0.05) is 0 Å². The van der Waals surface area contributed by atoms with E-state index in [9.17, 15) is 24.8 Å². The third-order valence-corrected chi connectivity index (χ3v) is 0.500. The molecule has 0 aliphatic heterocycles. The van der Waals surface area contributed by atoms with Gasteiger partial charge in [0.2, 0.25) is 5.78 Å². The van der Waals surface area contributed by atoms with Gasteiger partial charge in [-0.3, -0.25) is 14.9 Å². The van der Waals surface area contributed by atoms with Crippen molar-refractivity contribution >= 4 is 11.8 Å². The zero-order chi connectivity index (χ0) is 7.44. The highest BCUT2D eigenvalue weighted by Crippen LogP contribution is 1.70. The molecule has 0 aromatic carbocycles. The van der Waals surface area contributed by atoms with Crippen molar-refractivity contribution in [3.63, 3.8) is 0 Å². The number of Topliss-reactive ketones (excluding diaryl/α,β-unsaturated/α-hetero) is 1. The molecule has 0 saturated carbocycles. The van der Waals surface area contributed by atoms with Crippen molar-refractivity contribution < 1.29 is 19.6 Å². The highest BCUT2D eigenvalue weighted by molar-refractivity contribution is 6.32. The summed E-state index contributed by atoms with van der Waals surface area (Å²) in [7, 11) is 0. The minimum atomic E-state index is -2.02. The monoisotopic (exact) mass is 132 g/mol. The smallest absolute Gasteiger partial charge is 0.267 e. The third kappa shape index (κ3) is 3.15. The average molecular weight is 132 g/mol. The van der Waals surface area contributed by atoms with E-state index >= 15 is 0 Å². The van der Waals surface area contributed by atoms with Crippen LogP contribution in [0.4, 0.5) is 0 Å². The lowest BCUT2D eigenvalue weighted by molar-refractivity contribution is -0.467. The van der Waals surface area contributed by atoms with E-state index in [0.717, 1.165) is 0 Å². The molecule has 0 fully saturated rings. The Balaban J connectivity index is 3.79. The molecule has 0 atom stereocenters. The zero-order valence-corrected chi connectivity index (χ0v) is 4.20. The molecule has 0 bridgehead atoms. The van der Waals surface area contributed by atoms with E-state index in [0.29, 0.717) is 0 Å². The van der Waals surface area contributed by atoms with E-state index in [-0.39, 0.29) is 0 Å². The van der Waals surface area contributed by atoms with Gasteiger partial charge in [0.05, 0.1) is 0 Å². The Hall–Kier alpha value is -1.46. The minimum Gasteiger partial charge on any atom is -0.542 e. The van der Waals surface area contributed by atoms with Gasteiger partial charge in [-0.25, -0.2) is 0 Å². The van der Waals surface area contributed by atoms with Gasteiger partial charge in [-0.2, -0.15) is 0 Å². The lowest BCUT2D eigenvalue weighted by Crippen LogP contribution is -2.35. The van der Waals surface area contributed by atoms with Gasteiger partial charge in [0, 0.05) is 4.92 Å². The number of nitro groups is 1. The number of nitrogens with zero attached hydrogens (tertiary/aromatic N) is 1. The maximum Gasteiger partial charge on any atom is 0.267 e. The number of carbonyl (C=O) groups is 2. The Morgan fingerprint density at radius 2 is 1.89 bits per heavy atom. The number of carboxylic acid groups (broad SMARTS) is 1. The van der Waals surface area contributed by atoms with Crippen LogP contribution in [0.15, 0.2) is 0 Å². The maximum absolute atomic E-state index is 9.85. The summed E-state index contributed by atoms with van der Waals surface area (Å²) in [5.74, 6) is -3.54. The van der Waals surface area contributed by atoms with Crippen LogP contribution in [-0.2, 0) is 9.59 Å². The van der Waals surface area contributed by atoms with Crippen LogP contribution < -0.4 is 5.11 Å². The first-order valence-electron chi connectivity index (χ1n) is 1.90. The molecule has 6 heteroatoms. The van der Waals surface area contributed by atoms with Crippen LogP contribution >= 0.6 is 0 Å². The van der Waals surface area contributed by atoms with Gasteiger partial charge in [0.25, 0.3) is 6.54 Å². The highest BCUT2D eigenvalue weighted by atomic mass is 16.6. The fourth-order valence-electron chi connectivity index (χ4n) is 0.182. The molecule has 0 aliphatic carbocycles. The number of rotatable bonds is 3. The van der Waals surface area contributed by atoms with Gasteiger partial charge < -0.3 is 9.90 Å².